The van der Waals surface area contributed by atoms with Crippen molar-refractivity contribution in [3.63, 3.8) is 0 Å². The highest BCUT2D eigenvalue weighted by molar-refractivity contribution is 5.59. The Labute approximate surface area is 99.9 Å². The lowest BCUT2D eigenvalue weighted by atomic mass is 10.2. The molecule has 0 aromatic heterocycles. The average molecular weight is 237 g/mol. The Morgan fingerprint density at radius 1 is 1.29 bits per heavy atom. The Balaban J connectivity index is 2.22. The summed E-state index contributed by atoms with van der Waals surface area (Å²) in [5.74, 6) is 0.987. The lowest BCUT2D eigenvalue weighted by Crippen LogP contribution is -2.36. The third kappa shape index (κ3) is 2.68. The van der Waals surface area contributed by atoms with E-state index >= 15 is 0 Å². The molecule has 1 heterocycles. The van der Waals surface area contributed by atoms with Crippen LogP contribution in [0.3, 0.4) is 0 Å². The van der Waals surface area contributed by atoms with Gasteiger partial charge in [-0.15, -0.1) is 0 Å². The number of ether oxygens (including phenoxy) is 3. The predicted molar refractivity (Wildman–Crippen MR) is 62.7 cm³/mol. The van der Waals surface area contributed by atoms with E-state index in [4.69, 9.17) is 14.2 Å². The van der Waals surface area contributed by atoms with E-state index in [1.807, 2.05) is 6.07 Å². The number of rotatable bonds is 4. The number of morpholine rings is 1. The molecule has 0 aliphatic carbocycles. The fourth-order valence-corrected chi connectivity index (χ4v) is 1.83. The van der Waals surface area contributed by atoms with Crippen molar-refractivity contribution < 1.29 is 19.0 Å². The molecular formula is C12H15NO4. The summed E-state index contributed by atoms with van der Waals surface area (Å²) >= 11 is 0. The Hall–Kier alpha value is -1.75. The first-order valence-electron chi connectivity index (χ1n) is 5.46. The molecule has 1 aromatic carbocycles. The fourth-order valence-electron chi connectivity index (χ4n) is 1.83. The number of carbonyl (C=O) groups is 1. The molecule has 1 saturated heterocycles. The van der Waals surface area contributed by atoms with Gasteiger partial charge in [0.05, 0.1) is 20.3 Å². The van der Waals surface area contributed by atoms with Crippen LogP contribution in [0.25, 0.3) is 0 Å². The molecule has 1 fully saturated rings. The summed E-state index contributed by atoms with van der Waals surface area (Å²) in [5, 5.41) is 0. The van der Waals surface area contributed by atoms with Gasteiger partial charge in [-0.05, 0) is 12.1 Å². The summed E-state index contributed by atoms with van der Waals surface area (Å²) in [6.45, 7) is 3.52. The highest BCUT2D eigenvalue weighted by Gasteiger charge is 2.13. The monoisotopic (exact) mass is 237 g/mol. The van der Waals surface area contributed by atoms with Crippen molar-refractivity contribution in [1.29, 1.82) is 0 Å². The van der Waals surface area contributed by atoms with Gasteiger partial charge in [0, 0.05) is 24.8 Å². The standard InChI is InChI=1S/C12H15NO4/c1-15-11-3-2-10(8-12(11)17-9-14)13-4-6-16-7-5-13/h2-3,8-9H,4-7H2,1H3. The first-order chi connectivity index (χ1) is 8.35. The molecule has 0 unspecified atom stereocenters. The van der Waals surface area contributed by atoms with Crippen LogP contribution in [0.15, 0.2) is 18.2 Å². The van der Waals surface area contributed by atoms with Crippen molar-refractivity contribution in [1.82, 2.24) is 0 Å². The lowest BCUT2D eigenvalue weighted by molar-refractivity contribution is -0.120. The summed E-state index contributed by atoms with van der Waals surface area (Å²) in [6.07, 6.45) is 0. The fraction of sp³-hybridized carbons (Fsp3) is 0.417. The van der Waals surface area contributed by atoms with E-state index in [2.05, 4.69) is 4.90 Å². The second kappa shape index (κ2) is 5.54. The second-order valence-electron chi connectivity index (χ2n) is 3.65. The van der Waals surface area contributed by atoms with Crippen LogP contribution in [0.4, 0.5) is 5.69 Å². The molecule has 0 N–H and O–H groups in total. The van der Waals surface area contributed by atoms with E-state index in [0.29, 0.717) is 18.0 Å². The van der Waals surface area contributed by atoms with Crippen molar-refractivity contribution in [3.8, 4) is 11.5 Å². The third-order valence-corrected chi connectivity index (χ3v) is 2.70. The summed E-state index contributed by atoms with van der Waals surface area (Å²) in [5.41, 5.74) is 1.01. The maximum Gasteiger partial charge on any atom is 0.298 e. The van der Waals surface area contributed by atoms with Gasteiger partial charge in [-0.2, -0.15) is 0 Å². The van der Waals surface area contributed by atoms with Crippen LogP contribution < -0.4 is 14.4 Å². The summed E-state index contributed by atoms with van der Waals surface area (Å²) in [7, 11) is 1.54. The number of anilines is 1. The largest absolute Gasteiger partial charge is 0.493 e. The number of hydrogen-bond donors (Lipinski definition) is 0. The van der Waals surface area contributed by atoms with Crippen LogP contribution in [-0.2, 0) is 9.53 Å². The molecule has 17 heavy (non-hydrogen) atoms. The Morgan fingerprint density at radius 2 is 2.06 bits per heavy atom. The van der Waals surface area contributed by atoms with Gasteiger partial charge in [-0.25, -0.2) is 0 Å². The molecule has 92 valence electrons. The van der Waals surface area contributed by atoms with Gasteiger partial charge in [0.15, 0.2) is 11.5 Å². The van der Waals surface area contributed by atoms with Gasteiger partial charge in [0.2, 0.25) is 0 Å². The van der Waals surface area contributed by atoms with Crippen LogP contribution in [0.1, 0.15) is 0 Å². The molecule has 1 aliphatic rings. The average Bonchev–Trinajstić information content (AvgIpc) is 2.40. The minimum Gasteiger partial charge on any atom is -0.493 e. The normalized spacial score (nSPS) is 15.5. The van der Waals surface area contributed by atoms with Gasteiger partial charge in [0.25, 0.3) is 6.47 Å². The van der Waals surface area contributed by atoms with E-state index in [9.17, 15) is 4.79 Å². The van der Waals surface area contributed by atoms with Crippen LogP contribution >= 0.6 is 0 Å². The number of methoxy groups -OCH3 is 1. The zero-order valence-corrected chi connectivity index (χ0v) is 9.72. The number of nitrogens with zero attached hydrogens (tertiary/aromatic N) is 1. The van der Waals surface area contributed by atoms with Gasteiger partial charge in [-0.3, -0.25) is 4.79 Å². The first-order valence-corrected chi connectivity index (χ1v) is 5.46. The van der Waals surface area contributed by atoms with Gasteiger partial charge >= 0.3 is 0 Å². The maximum atomic E-state index is 10.4. The maximum absolute atomic E-state index is 10.4. The van der Waals surface area contributed by atoms with E-state index in [0.717, 1.165) is 32.0 Å². The van der Waals surface area contributed by atoms with Crippen LogP contribution in [0, 0.1) is 0 Å². The van der Waals surface area contributed by atoms with E-state index in [1.165, 1.54) is 0 Å². The molecule has 0 saturated carbocycles. The van der Waals surface area contributed by atoms with E-state index in [-0.39, 0.29) is 0 Å². The number of carbonyl (C=O) groups excluding carboxylic acids is 1. The molecule has 0 bridgehead atoms. The van der Waals surface area contributed by atoms with Crippen molar-refractivity contribution in [2.45, 2.75) is 0 Å². The molecule has 0 radical (unpaired) electrons. The third-order valence-electron chi connectivity index (χ3n) is 2.70. The smallest absolute Gasteiger partial charge is 0.298 e. The zero-order valence-electron chi connectivity index (χ0n) is 9.72. The molecule has 2 rings (SSSR count). The van der Waals surface area contributed by atoms with Crippen LogP contribution in [-0.4, -0.2) is 39.9 Å². The quantitative estimate of drug-likeness (QED) is 0.733. The predicted octanol–water partition coefficient (Wildman–Crippen LogP) is 1.07. The van der Waals surface area contributed by atoms with Gasteiger partial charge in [-0.1, -0.05) is 0 Å². The highest BCUT2D eigenvalue weighted by atomic mass is 16.5. The molecule has 1 aliphatic heterocycles. The van der Waals surface area contributed by atoms with Crippen molar-refractivity contribution in [2.24, 2.45) is 0 Å². The Bertz CT molecular complexity index is 388. The molecule has 0 amide bonds. The minimum atomic E-state index is 0.404. The Kier molecular flexibility index (Phi) is 3.82. The topological polar surface area (TPSA) is 48.0 Å². The molecule has 5 heteroatoms. The highest BCUT2D eigenvalue weighted by Crippen LogP contribution is 2.31. The minimum absolute atomic E-state index is 0.404. The first kappa shape index (κ1) is 11.7. The molecule has 0 spiro atoms. The van der Waals surface area contributed by atoms with Gasteiger partial charge in [0.1, 0.15) is 0 Å². The molecule has 1 aromatic rings. The van der Waals surface area contributed by atoms with E-state index < -0.39 is 0 Å². The zero-order chi connectivity index (χ0) is 12.1. The Morgan fingerprint density at radius 3 is 2.71 bits per heavy atom. The SMILES string of the molecule is COc1ccc(N2CCOCC2)cc1OC=O. The van der Waals surface area contributed by atoms with Crippen LogP contribution in [0.5, 0.6) is 11.5 Å². The van der Waals surface area contributed by atoms with Crippen molar-refractivity contribution in [3.05, 3.63) is 18.2 Å². The second-order valence-corrected chi connectivity index (χ2v) is 3.65. The summed E-state index contributed by atoms with van der Waals surface area (Å²) in [4.78, 5) is 12.6. The van der Waals surface area contributed by atoms with Crippen molar-refractivity contribution in [2.75, 3.05) is 38.3 Å². The van der Waals surface area contributed by atoms with Crippen molar-refractivity contribution >= 4 is 12.2 Å². The summed E-state index contributed by atoms with van der Waals surface area (Å²) in [6, 6.07) is 5.55. The molecular weight excluding hydrogens is 222 g/mol. The number of benzene rings is 1. The molecule has 5 nitrogen and oxygen atoms in total. The van der Waals surface area contributed by atoms with Crippen LogP contribution in [0.2, 0.25) is 0 Å². The van der Waals surface area contributed by atoms with Gasteiger partial charge < -0.3 is 19.1 Å². The number of hydrogen-bond acceptors (Lipinski definition) is 5. The lowest BCUT2D eigenvalue weighted by Gasteiger charge is -2.29. The molecule has 0 atom stereocenters. The van der Waals surface area contributed by atoms with E-state index in [1.54, 1.807) is 19.2 Å². The summed E-state index contributed by atoms with van der Waals surface area (Å²) < 4.78 is 15.3.